The smallest absolute Gasteiger partial charge is 0.124 e. The Labute approximate surface area is 128 Å². The van der Waals surface area contributed by atoms with Crippen LogP contribution in [0.5, 0.6) is 5.75 Å². The second-order valence-electron chi connectivity index (χ2n) is 5.30. The molecule has 0 radical (unpaired) electrons. The third-order valence-electron chi connectivity index (χ3n) is 3.58. The quantitative estimate of drug-likeness (QED) is 0.777. The molecular formula is C19H25NO. The molecule has 1 unspecified atom stereocenters. The highest BCUT2D eigenvalue weighted by Gasteiger charge is 2.10. The minimum absolute atomic E-state index is 0.317. The van der Waals surface area contributed by atoms with E-state index in [-0.39, 0.29) is 0 Å². The van der Waals surface area contributed by atoms with Crippen molar-refractivity contribution in [2.75, 3.05) is 13.2 Å². The molecule has 112 valence electrons. The number of hydrogen-bond donors (Lipinski definition) is 1. The summed E-state index contributed by atoms with van der Waals surface area (Å²) in [5.74, 6) is 0.990. The molecule has 0 bridgehead atoms. The van der Waals surface area contributed by atoms with Crippen LogP contribution in [0, 0.1) is 0 Å². The van der Waals surface area contributed by atoms with Gasteiger partial charge in [-0.1, -0.05) is 55.5 Å². The number of ether oxygens (including phenoxy) is 1. The van der Waals surface area contributed by atoms with Crippen molar-refractivity contribution in [3.63, 3.8) is 0 Å². The van der Waals surface area contributed by atoms with Crippen LogP contribution in [-0.4, -0.2) is 13.2 Å². The van der Waals surface area contributed by atoms with Gasteiger partial charge in [-0.3, -0.25) is 0 Å². The van der Waals surface area contributed by atoms with E-state index >= 15 is 0 Å². The van der Waals surface area contributed by atoms with Crippen LogP contribution in [0.3, 0.4) is 0 Å². The zero-order valence-corrected chi connectivity index (χ0v) is 13.0. The molecule has 21 heavy (non-hydrogen) atoms. The molecule has 0 heterocycles. The summed E-state index contributed by atoms with van der Waals surface area (Å²) in [6.45, 7) is 6.11. The Morgan fingerprint density at radius 2 is 1.71 bits per heavy atom. The van der Waals surface area contributed by atoms with Gasteiger partial charge >= 0.3 is 0 Å². The largest absolute Gasteiger partial charge is 0.493 e. The van der Waals surface area contributed by atoms with Crippen LogP contribution in [0.2, 0.25) is 0 Å². The lowest BCUT2D eigenvalue weighted by Gasteiger charge is -2.18. The summed E-state index contributed by atoms with van der Waals surface area (Å²) in [6.07, 6.45) is 2.08. The van der Waals surface area contributed by atoms with Crippen molar-refractivity contribution < 1.29 is 4.74 Å². The van der Waals surface area contributed by atoms with Crippen LogP contribution >= 0.6 is 0 Å². The zero-order chi connectivity index (χ0) is 14.9. The molecule has 2 aromatic rings. The Morgan fingerprint density at radius 3 is 2.48 bits per heavy atom. The molecule has 0 fully saturated rings. The first-order valence-electron chi connectivity index (χ1n) is 7.80. The summed E-state index contributed by atoms with van der Waals surface area (Å²) < 4.78 is 6.00. The molecule has 0 aromatic heterocycles. The summed E-state index contributed by atoms with van der Waals surface area (Å²) in [6, 6.07) is 19.1. The van der Waals surface area contributed by atoms with E-state index in [9.17, 15) is 0 Å². The van der Waals surface area contributed by atoms with Crippen LogP contribution in [0.15, 0.2) is 54.6 Å². The minimum atomic E-state index is 0.317. The highest BCUT2D eigenvalue weighted by atomic mass is 16.5. The lowest BCUT2D eigenvalue weighted by atomic mass is 10.1. The predicted molar refractivity (Wildman–Crippen MR) is 88.8 cm³/mol. The Balaban J connectivity index is 1.93. The summed E-state index contributed by atoms with van der Waals surface area (Å²) in [7, 11) is 0. The fraction of sp³-hybridized carbons (Fsp3) is 0.368. The highest BCUT2D eigenvalue weighted by Crippen LogP contribution is 2.24. The average molecular weight is 283 g/mol. The van der Waals surface area contributed by atoms with Crippen LogP contribution < -0.4 is 10.1 Å². The second-order valence-corrected chi connectivity index (χ2v) is 5.30. The first-order valence-corrected chi connectivity index (χ1v) is 7.80. The van der Waals surface area contributed by atoms with Gasteiger partial charge in [0, 0.05) is 18.0 Å². The molecule has 0 aliphatic heterocycles. The van der Waals surface area contributed by atoms with Crippen LogP contribution in [0.4, 0.5) is 0 Å². The summed E-state index contributed by atoms with van der Waals surface area (Å²) in [5, 5.41) is 3.52. The van der Waals surface area contributed by atoms with Crippen molar-refractivity contribution in [2.45, 2.75) is 32.7 Å². The monoisotopic (exact) mass is 283 g/mol. The van der Waals surface area contributed by atoms with Crippen LogP contribution in [0.1, 0.15) is 37.4 Å². The Kier molecular flexibility index (Phi) is 6.29. The van der Waals surface area contributed by atoms with Gasteiger partial charge in [0.2, 0.25) is 0 Å². The predicted octanol–water partition coefficient (Wildman–Crippen LogP) is 4.37. The molecular weight excluding hydrogens is 258 g/mol. The SMILES string of the molecule is CCCNC(C)c1ccccc1OCCc1ccccc1. The van der Waals surface area contributed by atoms with Gasteiger partial charge in [-0.15, -0.1) is 0 Å². The standard InChI is InChI=1S/C19H25NO/c1-3-14-20-16(2)18-11-7-8-12-19(18)21-15-13-17-9-5-4-6-10-17/h4-12,16,20H,3,13-15H2,1-2H3. The first kappa shape index (κ1) is 15.6. The molecule has 0 spiro atoms. The molecule has 2 nitrogen and oxygen atoms in total. The minimum Gasteiger partial charge on any atom is -0.493 e. The van der Waals surface area contributed by atoms with Crippen LogP contribution in [-0.2, 0) is 6.42 Å². The van der Waals surface area contributed by atoms with Gasteiger partial charge in [-0.2, -0.15) is 0 Å². The molecule has 0 saturated heterocycles. The maximum atomic E-state index is 6.00. The van der Waals surface area contributed by atoms with E-state index in [2.05, 4.69) is 61.6 Å². The number of rotatable bonds is 8. The third-order valence-corrected chi connectivity index (χ3v) is 3.58. The number of para-hydroxylation sites is 1. The maximum absolute atomic E-state index is 6.00. The number of benzene rings is 2. The maximum Gasteiger partial charge on any atom is 0.124 e. The van der Waals surface area contributed by atoms with Crippen LogP contribution in [0.25, 0.3) is 0 Å². The lowest BCUT2D eigenvalue weighted by Crippen LogP contribution is -2.20. The molecule has 1 N–H and O–H groups in total. The van der Waals surface area contributed by atoms with Gasteiger partial charge in [-0.25, -0.2) is 0 Å². The topological polar surface area (TPSA) is 21.3 Å². The third kappa shape index (κ3) is 4.91. The molecule has 1 atom stereocenters. The molecule has 2 aromatic carbocycles. The van der Waals surface area contributed by atoms with Crippen molar-refractivity contribution in [2.24, 2.45) is 0 Å². The van der Waals surface area contributed by atoms with Crippen molar-refractivity contribution in [3.05, 3.63) is 65.7 Å². The zero-order valence-electron chi connectivity index (χ0n) is 13.0. The second kappa shape index (κ2) is 8.48. The van der Waals surface area contributed by atoms with E-state index in [1.807, 2.05) is 12.1 Å². The van der Waals surface area contributed by atoms with E-state index in [0.29, 0.717) is 12.6 Å². The van der Waals surface area contributed by atoms with E-state index in [4.69, 9.17) is 4.74 Å². The van der Waals surface area contributed by atoms with Gasteiger partial charge in [-0.05, 0) is 31.5 Å². The van der Waals surface area contributed by atoms with Gasteiger partial charge in [0.1, 0.15) is 5.75 Å². The normalized spacial score (nSPS) is 12.1. The van der Waals surface area contributed by atoms with E-state index in [1.165, 1.54) is 11.1 Å². The number of nitrogens with one attached hydrogen (secondary N) is 1. The van der Waals surface area contributed by atoms with Crippen molar-refractivity contribution >= 4 is 0 Å². The summed E-state index contributed by atoms with van der Waals surface area (Å²) in [5.41, 5.74) is 2.55. The summed E-state index contributed by atoms with van der Waals surface area (Å²) >= 11 is 0. The van der Waals surface area contributed by atoms with Gasteiger partial charge in [0.05, 0.1) is 6.61 Å². The van der Waals surface area contributed by atoms with E-state index in [0.717, 1.165) is 25.1 Å². The molecule has 0 amide bonds. The fourth-order valence-electron chi connectivity index (χ4n) is 2.36. The van der Waals surface area contributed by atoms with Crippen molar-refractivity contribution in [1.82, 2.24) is 5.32 Å². The highest BCUT2D eigenvalue weighted by molar-refractivity contribution is 5.35. The van der Waals surface area contributed by atoms with Gasteiger partial charge in [0.25, 0.3) is 0 Å². The number of hydrogen-bond acceptors (Lipinski definition) is 2. The molecule has 0 aliphatic carbocycles. The van der Waals surface area contributed by atoms with E-state index in [1.54, 1.807) is 0 Å². The molecule has 2 heteroatoms. The van der Waals surface area contributed by atoms with E-state index < -0.39 is 0 Å². The Morgan fingerprint density at radius 1 is 1.00 bits per heavy atom. The van der Waals surface area contributed by atoms with Gasteiger partial charge in [0.15, 0.2) is 0 Å². The lowest BCUT2D eigenvalue weighted by molar-refractivity contribution is 0.315. The fourth-order valence-corrected chi connectivity index (χ4v) is 2.36. The molecule has 0 aliphatic rings. The average Bonchev–Trinajstić information content (AvgIpc) is 2.54. The Bertz CT molecular complexity index is 524. The van der Waals surface area contributed by atoms with Gasteiger partial charge < -0.3 is 10.1 Å². The molecule has 2 rings (SSSR count). The first-order chi connectivity index (χ1) is 10.3. The Hall–Kier alpha value is -1.80. The molecule has 0 saturated carbocycles. The van der Waals surface area contributed by atoms with Crippen molar-refractivity contribution in [1.29, 1.82) is 0 Å². The van der Waals surface area contributed by atoms with Crippen molar-refractivity contribution in [3.8, 4) is 5.75 Å². The summed E-state index contributed by atoms with van der Waals surface area (Å²) in [4.78, 5) is 0.